The Morgan fingerprint density at radius 1 is 1.13 bits per heavy atom. The Kier molecular flexibility index (Phi) is 6.18. The van der Waals surface area contributed by atoms with Gasteiger partial charge in [0.1, 0.15) is 0 Å². The molecule has 0 heterocycles. The van der Waals surface area contributed by atoms with Gasteiger partial charge in [-0.3, -0.25) is 4.99 Å². The van der Waals surface area contributed by atoms with Gasteiger partial charge in [0.05, 0.1) is 5.54 Å². The lowest BCUT2D eigenvalue weighted by Gasteiger charge is -2.35. The Bertz CT molecular complexity index is 216. The molecule has 0 aromatic carbocycles. The molecule has 0 radical (unpaired) electrons. The number of hydrogen-bond donors (Lipinski definition) is 0. The Morgan fingerprint density at radius 2 is 1.60 bits per heavy atom. The van der Waals surface area contributed by atoms with E-state index in [0.717, 1.165) is 6.54 Å². The fraction of sp³-hybridized carbons (Fsp3) is 0.900. The minimum Gasteiger partial charge on any atom is -0.350 e. The lowest BCUT2D eigenvalue weighted by atomic mass is 10.1. The van der Waals surface area contributed by atoms with Crippen molar-refractivity contribution in [3.63, 3.8) is 0 Å². The number of aliphatic imine (C=N–C) groups is 1. The van der Waals surface area contributed by atoms with Crippen LogP contribution >= 0.6 is 20.1 Å². The van der Waals surface area contributed by atoms with Gasteiger partial charge in [0.15, 0.2) is 0 Å². The average molecular weight is 267 g/mol. The molecule has 0 N–H and O–H groups in total. The molecule has 0 aromatic rings. The fourth-order valence-corrected chi connectivity index (χ4v) is 4.12. The zero-order valence-corrected chi connectivity index (χ0v) is 13.2. The molecule has 0 aliphatic rings. The van der Waals surface area contributed by atoms with E-state index in [-0.39, 0.29) is 11.1 Å². The first-order valence-corrected chi connectivity index (χ1v) is 9.13. The monoisotopic (exact) mass is 266 g/mol. The zero-order valence-electron chi connectivity index (χ0n) is 10.5. The van der Waals surface area contributed by atoms with Gasteiger partial charge in [-0.1, -0.05) is 0 Å². The van der Waals surface area contributed by atoms with Crippen molar-refractivity contribution in [2.24, 2.45) is 4.99 Å². The molecule has 0 amide bonds. The third kappa shape index (κ3) is 7.60. The fourth-order valence-electron chi connectivity index (χ4n) is 1.05. The highest BCUT2D eigenvalue weighted by atomic mass is 35.7. The Morgan fingerprint density at radius 3 is 1.87 bits per heavy atom. The molecule has 0 aliphatic carbocycles. The summed E-state index contributed by atoms with van der Waals surface area (Å²) in [4.78, 5) is 4.43. The van der Waals surface area contributed by atoms with Crippen LogP contribution in [0.15, 0.2) is 4.99 Å². The minimum absolute atomic E-state index is 0.00426. The maximum atomic E-state index is 6.05. The van der Waals surface area contributed by atoms with Crippen molar-refractivity contribution in [2.45, 2.75) is 52.6 Å². The third-order valence-corrected chi connectivity index (χ3v) is 4.72. The topological polar surface area (TPSA) is 15.6 Å². The van der Waals surface area contributed by atoms with Crippen LogP contribution in [0.25, 0.3) is 0 Å². The summed E-state index contributed by atoms with van der Waals surface area (Å²) in [5.41, 5.74) is -0.0243. The summed E-state index contributed by atoms with van der Waals surface area (Å²) in [5.74, 6) is 0. The van der Waals surface area contributed by atoms with E-state index in [9.17, 15) is 0 Å². The van der Waals surface area contributed by atoms with Crippen LogP contribution in [-0.4, -0.2) is 40.2 Å². The van der Waals surface area contributed by atoms with Crippen LogP contribution in [-0.2, 0) is 0 Å². The highest BCUT2D eigenvalue weighted by Gasteiger charge is 2.31. The van der Waals surface area contributed by atoms with E-state index in [1.807, 2.05) is 6.21 Å². The van der Waals surface area contributed by atoms with Gasteiger partial charge in [-0.05, 0) is 47.1 Å². The number of halogens is 2. The van der Waals surface area contributed by atoms with E-state index in [4.69, 9.17) is 20.1 Å². The highest BCUT2D eigenvalue weighted by molar-refractivity contribution is 7.32. The summed E-state index contributed by atoms with van der Waals surface area (Å²) < 4.78 is 2.12. The molecule has 0 unspecified atom stereocenters. The van der Waals surface area contributed by atoms with Crippen molar-refractivity contribution >= 4 is 38.8 Å². The Balaban J connectivity index is 4.40. The quantitative estimate of drug-likeness (QED) is 0.565. The van der Waals surface area contributed by atoms with Crippen LogP contribution in [0.5, 0.6) is 0 Å². The summed E-state index contributed by atoms with van der Waals surface area (Å²) in [5, 5.41) is 0. The molecule has 0 bridgehead atoms. The van der Waals surface area contributed by atoms with Gasteiger partial charge in [0.2, 0.25) is 0 Å². The molecule has 0 atom stereocenters. The molecule has 88 valence electrons. The van der Waals surface area contributed by atoms with Crippen molar-refractivity contribution in [1.29, 1.82) is 0 Å². The SMILES string of the molecule is CC(C)(C)N=CC[N]([Al]([Cl])[Cl])C(C)(C)C. The maximum absolute atomic E-state index is 6.05. The largest absolute Gasteiger partial charge is 0.632 e. The van der Waals surface area contributed by atoms with Crippen LogP contribution < -0.4 is 0 Å². The molecular weight excluding hydrogens is 246 g/mol. The smallest absolute Gasteiger partial charge is 0.350 e. The Labute approximate surface area is 107 Å². The van der Waals surface area contributed by atoms with E-state index in [1.165, 1.54) is 0 Å². The maximum Gasteiger partial charge on any atom is 0.632 e. The van der Waals surface area contributed by atoms with Gasteiger partial charge >= 0.3 is 12.5 Å². The van der Waals surface area contributed by atoms with Crippen LogP contribution in [0.4, 0.5) is 0 Å². The predicted octanol–water partition coefficient (Wildman–Crippen LogP) is 3.42. The lowest BCUT2D eigenvalue weighted by molar-refractivity contribution is 0.285. The summed E-state index contributed by atoms with van der Waals surface area (Å²) >= 11 is -1.81. The molecule has 0 fully saturated rings. The van der Waals surface area contributed by atoms with E-state index in [0.29, 0.717) is 0 Å². The van der Waals surface area contributed by atoms with Gasteiger partial charge in [-0.2, -0.15) is 0 Å². The van der Waals surface area contributed by atoms with E-state index < -0.39 is 12.5 Å². The van der Waals surface area contributed by atoms with E-state index >= 15 is 0 Å². The second-order valence-corrected chi connectivity index (χ2v) is 9.91. The molecule has 0 saturated heterocycles. The first-order valence-electron chi connectivity index (χ1n) is 5.12. The van der Waals surface area contributed by atoms with E-state index in [2.05, 4.69) is 50.4 Å². The normalized spacial score (nSPS) is 13.9. The predicted molar refractivity (Wildman–Crippen MR) is 72.2 cm³/mol. The first kappa shape index (κ1) is 15.7. The minimum atomic E-state index is -1.81. The zero-order chi connectivity index (χ0) is 12.3. The summed E-state index contributed by atoms with van der Waals surface area (Å²) in [6.07, 6.45) is 1.91. The van der Waals surface area contributed by atoms with Crippen LogP contribution in [0.2, 0.25) is 0 Å². The van der Waals surface area contributed by atoms with Gasteiger partial charge in [0.25, 0.3) is 0 Å². The van der Waals surface area contributed by atoms with Gasteiger partial charge in [-0.15, -0.1) is 0 Å². The van der Waals surface area contributed by atoms with Gasteiger partial charge in [0, 0.05) is 12.8 Å². The number of rotatable bonds is 3. The second kappa shape index (κ2) is 5.89. The van der Waals surface area contributed by atoms with Crippen molar-refractivity contribution in [1.82, 2.24) is 3.88 Å². The van der Waals surface area contributed by atoms with Crippen molar-refractivity contribution in [3.8, 4) is 0 Å². The summed E-state index contributed by atoms with van der Waals surface area (Å²) in [6, 6.07) is 0. The second-order valence-electron chi connectivity index (χ2n) is 5.58. The molecule has 0 saturated carbocycles. The van der Waals surface area contributed by atoms with E-state index in [1.54, 1.807) is 0 Å². The Hall–Kier alpha value is 0.742. The number of nitrogens with zero attached hydrogens (tertiary/aromatic N) is 2. The van der Waals surface area contributed by atoms with Crippen molar-refractivity contribution < 1.29 is 0 Å². The highest BCUT2D eigenvalue weighted by Crippen LogP contribution is 2.18. The van der Waals surface area contributed by atoms with Crippen molar-refractivity contribution in [3.05, 3.63) is 0 Å². The summed E-state index contributed by atoms with van der Waals surface area (Å²) in [6.45, 7) is 13.3. The standard InChI is InChI=1S/C10H21N2.Al.2ClH/c1-9(2,3)11-7-8-12-10(4,5)6;;;/h7H,8H2,1-6H3;;2*1H/q-1;+3;;/p-2. The third-order valence-electron chi connectivity index (χ3n) is 1.85. The molecule has 2 nitrogen and oxygen atoms in total. The molecule has 15 heavy (non-hydrogen) atoms. The molecule has 0 aromatic heterocycles. The first-order chi connectivity index (χ1) is 6.54. The lowest BCUT2D eigenvalue weighted by Crippen LogP contribution is -2.47. The van der Waals surface area contributed by atoms with Gasteiger partial charge in [-0.25, -0.2) is 20.1 Å². The van der Waals surface area contributed by atoms with Gasteiger partial charge < -0.3 is 3.88 Å². The molecule has 0 aliphatic heterocycles. The molecule has 0 rings (SSSR count). The average Bonchev–Trinajstić information content (AvgIpc) is 1.92. The molecule has 0 spiro atoms. The van der Waals surface area contributed by atoms with Crippen LogP contribution in [0.3, 0.4) is 0 Å². The molecule has 5 heteroatoms. The molecular formula is C10H21AlCl2N2. The van der Waals surface area contributed by atoms with Crippen molar-refractivity contribution in [2.75, 3.05) is 6.54 Å². The van der Waals surface area contributed by atoms with Crippen LogP contribution in [0.1, 0.15) is 41.5 Å². The summed E-state index contributed by atoms with van der Waals surface area (Å²) in [7, 11) is 12.1. The number of hydrogen-bond acceptors (Lipinski definition) is 2. The van der Waals surface area contributed by atoms with Crippen LogP contribution in [0, 0.1) is 0 Å².